The number of amides is 1. The molecule has 0 bridgehead atoms. The van der Waals surface area contributed by atoms with Crippen molar-refractivity contribution in [2.24, 2.45) is 0 Å². The van der Waals surface area contributed by atoms with Crippen LogP contribution in [0.3, 0.4) is 0 Å². The summed E-state index contributed by atoms with van der Waals surface area (Å²) in [5, 5.41) is 11.7. The minimum Gasteiger partial charge on any atom is -0.484 e. The first-order chi connectivity index (χ1) is 15.4. The van der Waals surface area contributed by atoms with Crippen molar-refractivity contribution in [2.45, 2.75) is 31.6 Å². The highest BCUT2D eigenvalue weighted by atomic mass is 32.2. The van der Waals surface area contributed by atoms with E-state index in [0.717, 1.165) is 31.6 Å². The lowest BCUT2D eigenvalue weighted by atomic mass is 10.2. The fraction of sp³-hybridized carbons (Fsp3) is 0.391. The van der Waals surface area contributed by atoms with Gasteiger partial charge in [-0.15, -0.1) is 0 Å². The van der Waals surface area contributed by atoms with Gasteiger partial charge in [0.25, 0.3) is 5.91 Å². The molecule has 8 nitrogen and oxygen atoms in total. The predicted octanol–water partition coefficient (Wildman–Crippen LogP) is 3.21. The van der Waals surface area contributed by atoms with Gasteiger partial charge in [0.15, 0.2) is 6.61 Å². The van der Waals surface area contributed by atoms with E-state index in [1.807, 2.05) is 6.07 Å². The molecule has 170 valence electrons. The molecule has 3 rings (SSSR count). The van der Waals surface area contributed by atoms with Crippen molar-refractivity contribution < 1.29 is 17.9 Å². The standard InChI is InChI=1S/C23H28N4O4S/c1-3-27(4-2)32(29,30)20-11-12-22(26-13-5-6-14-26)21(15-20)25-23(28)17-31-19-9-7-18(16-24)8-10-19/h7-12,15H,3-6,13-14,17H2,1-2H3,(H,25,28). The molecule has 0 atom stereocenters. The molecule has 0 spiro atoms. The molecule has 1 N–H and O–H groups in total. The lowest BCUT2D eigenvalue weighted by molar-refractivity contribution is -0.118. The number of benzene rings is 2. The minimum atomic E-state index is -3.66. The summed E-state index contributed by atoms with van der Waals surface area (Å²) >= 11 is 0. The van der Waals surface area contributed by atoms with Crippen molar-refractivity contribution in [1.29, 1.82) is 5.26 Å². The SMILES string of the molecule is CCN(CC)S(=O)(=O)c1ccc(N2CCCC2)c(NC(=O)COc2ccc(C#N)cc2)c1. The number of hydrogen-bond donors (Lipinski definition) is 1. The third kappa shape index (κ3) is 5.39. The Morgan fingerprint density at radius 2 is 1.78 bits per heavy atom. The number of anilines is 2. The van der Waals surface area contributed by atoms with Crippen molar-refractivity contribution in [2.75, 3.05) is 43.0 Å². The lowest BCUT2D eigenvalue weighted by Crippen LogP contribution is -2.31. The number of rotatable bonds is 9. The Morgan fingerprint density at radius 1 is 1.12 bits per heavy atom. The van der Waals surface area contributed by atoms with E-state index in [4.69, 9.17) is 10.00 Å². The van der Waals surface area contributed by atoms with Gasteiger partial charge in [-0.3, -0.25) is 4.79 Å². The van der Waals surface area contributed by atoms with Crippen molar-refractivity contribution >= 4 is 27.3 Å². The van der Waals surface area contributed by atoms with E-state index in [-0.39, 0.29) is 11.5 Å². The molecule has 0 aliphatic carbocycles. The Morgan fingerprint density at radius 3 is 2.38 bits per heavy atom. The van der Waals surface area contributed by atoms with Gasteiger partial charge in [-0.1, -0.05) is 13.8 Å². The van der Waals surface area contributed by atoms with Crippen LogP contribution in [0, 0.1) is 11.3 Å². The molecule has 1 saturated heterocycles. The average Bonchev–Trinajstić information content (AvgIpc) is 3.33. The fourth-order valence-electron chi connectivity index (χ4n) is 3.68. The Labute approximate surface area is 189 Å². The summed E-state index contributed by atoms with van der Waals surface area (Å²) in [7, 11) is -3.66. The first-order valence-electron chi connectivity index (χ1n) is 10.7. The molecular formula is C23H28N4O4S. The average molecular weight is 457 g/mol. The van der Waals surface area contributed by atoms with Crippen molar-refractivity contribution in [3.8, 4) is 11.8 Å². The van der Waals surface area contributed by atoms with Crippen molar-refractivity contribution in [3.63, 3.8) is 0 Å². The Balaban J connectivity index is 1.81. The van der Waals surface area contributed by atoms with Crippen LogP contribution in [0.15, 0.2) is 47.4 Å². The zero-order chi connectivity index (χ0) is 23.1. The molecule has 9 heteroatoms. The fourth-order valence-corrected chi connectivity index (χ4v) is 5.17. The molecule has 1 aliphatic rings. The molecule has 2 aromatic carbocycles. The van der Waals surface area contributed by atoms with Gasteiger partial charge in [0.05, 0.1) is 27.9 Å². The molecule has 0 unspecified atom stereocenters. The van der Waals surface area contributed by atoms with Gasteiger partial charge in [0.1, 0.15) is 5.75 Å². The smallest absolute Gasteiger partial charge is 0.262 e. The highest BCUT2D eigenvalue weighted by Crippen LogP contribution is 2.32. The second-order valence-corrected chi connectivity index (χ2v) is 9.37. The van der Waals surface area contributed by atoms with Crippen molar-refractivity contribution in [3.05, 3.63) is 48.0 Å². The zero-order valence-corrected chi connectivity index (χ0v) is 19.2. The largest absolute Gasteiger partial charge is 0.484 e. The topological polar surface area (TPSA) is 103 Å². The van der Waals surface area contributed by atoms with Crippen LogP contribution in [0.2, 0.25) is 0 Å². The van der Waals surface area contributed by atoms with Gasteiger partial charge in [-0.25, -0.2) is 8.42 Å². The van der Waals surface area contributed by atoms with Crippen LogP contribution in [-0.2, 0) is 14.8 Å². The number of hydrogen-bond acceptors (Lipinski definition) is 6. The van der Waals surface area contributed by atoms with Gasteiger partial charge >= 0.3 is 0 Å². The summed E-state index contributed by atoms with van der Waals surface area (Å²) in [5.41, 5.74) is 1.75. The monoisotopic (exact) mass is 456 g/mol. The molecule has 2 aromatic rings. The quantitative estimate of drug-likeness (QED) is 0.622. The van der Waals surface area contributed by atoms with Crippen LogP contribution in [-0.4, -0.2) is 51.4 Å². The van der Waals surface area contributed by atoms with Gasteiger partial charge in [0, 0.05) is 26.2 Å². The highest BCUT2D eigenvalue weighted by molar-refractivity contribution is 7.89. The maximum absolute atomic E-state index is 13.0. The molecule has 1 fully saturated rings. The number of nitriles is 1. The number of ether oxygens (including phenoxy) is 1. The molecule has 0 radical (unpaired) electrons. The normalized spacial score (nSPS) is 13.8. The first-order valence-corrected chi connectivity index (χ1v) is 12.1. The second-order valence-electron chi connectivity index (χ2n) is 7.44. The minimum absolute atomic E-state index is 0.146. The molecule has 1 amide bonds. The van der Waals surface area contributed by atoms with Gasteiger partial charge < -0.3 is 15.0 Å². The first kappa shape index (κ1) is 23.6. The van der Waals surface area contributed by atoms with Crippen LogP contribution >= 0.6 is 0 Å². The summed E-state index contributed by atoms with van der Waals surface area (Å²) in [6.07, 6.45) is 2.10. The second kappa shape index (κ2) is 10.5. The van der Waals surface area contributed by atoms with Crippen molar-refractivity contribution in [1.82, 2.24) is 4.31 Å². The van der Waals surface area contributed by atoms with E-state index in [1.54, 1.807) is 50.2 Å². The number of carbonyl (C=O) groups excluding carboxylic acids is 1. The summed E-state index contributed by atoms with van der Waals surface area (Å²) in [6.45, 7) is 5.79. The third-order valence-electron chi connectivity index (χ3n) is 5.39. The van der Waals surface area contributed by atoms with E-state index >= 15 is 0 Å². The van der Waals surface area contributed by atoms with Crippen LogP contribution < -0.4 is 15.0 Å². The molecular weight excluding hydrogens is 428 g/mol. The molecule has 1 heterocycles. The Hall–Kier alpha value is -3.09. The Bertz CT molecular complexity index is 1080. The van der Waals surface area contributed by atoms with Crippen LogP contribution in [0.4, 0.5) is 11.4 Å². The highest BCUT2D eigenvalue weighted by Gasteiger charge is 2.25. The van der Waals surface area contributed by atoms with E-state index in [2.05, 4.69) is 10.2 Å². The third-order valence-corrected chi connectivity index (χ3v) is 7.43. The molecule has 0 aromatic heterocycles. The van der Waals surface area contributed by atoms with Crippen LogP contribution in [0.5, 0.6) is 5.75 Å². The van der Waals surface area contributed by atoms with Gasteiger partial charge in [0.2, 0.25) is 10.0 Å². The van der Waals surface area contributed by atoms with Gasteiger partial charge in [-0.05, 0) is 55.3 Å². The number of nitrogens with one attached hydrogen (secondary N) is 1. The number of sulfonamides is 1. The van der Waals surface area contributed by atoms with E-state index < -0.39 is 15.9 Å². The zero-order valence-electron chi connectivity index (χ0n) is 18.4. The maximum atomic E-state index is 13.0. The summed E-state index contributed by atoms with van der Waals surface area (Å²) in [4.78, 5) is 14.9. The molecule has 0 saturated carbocycles. The Kier molecular flexibility index (Phi) is 7.72. The van der Waals surface area contributed by atoms with Crippen LogP contribution in [0.25, 0.3) is 0 Å². The molecule has 1 aliphatic heterocycles. The predicted molar refractivity (Wildman–Crippen MR) is 123 cm³/mol. The summed E-state index contributed by atoms with van der Waals surface area (Å²) in [6, 6.07) is 13.4. The number of carbonyl (C=O) groups is 1. The van der Waals surface area contributed by atoms with Gasteiger partial charge in [-0.2, -0.15) is 9.57 Å². The van der Waals surface area contributed by atoms with E-state index in [0.29, 0.717) is 30.1 Å². The van der Waals surface area contributed by atoms with E-state index in [1.165, 1.54) is 10.4 Å². The lowest BCUT2D eigenvalue weighted by Gasteiger charge is -2.24. The van der Waals surface area contributed by atoms with E-state index in [9.17, 15) is 13.2 Å². The maximum Gasteiger partial charge on any atom is 0.262 e. The number of nitrogens with zero attached hydrogens (tertiary/aromatic N) is 3. The molecule has 32 heavy (non-hydrogen) atoms. The summed E-state index contributed by atoms with van der Waals surface area (Å²) in [5.74, 6) is 0.0731. The van der Waals surface area contributed by atoms with Crippen LogP contribution in [0.1, 0.15) is 32.3 Å². The summed E-state index contributed by atoms with van der Waals surface area (Å²) < 4.78 is 32.9.